The lowest BCUT2D eigenvalue weighted by Crippen LogP contribution is -2.47. The van der Waals surface area contributed by atoms with Gasteiger partial charge in [0.15, 0.2) is 0 Å². The van der Waals surface area contributed by atoms with Crippen LogP contribution in [0.3, 0.4) is 0 Å². The van der Waals surface area contributed by atoms with Crippen molar-refractivity contribution in [2.45, 2.75) is 13.2 Å². The van der Waals surface area contributed by atoms with Crippen molar-refractivity contribution >= 4 is 21.9 Å². The molecule has 0 N–H and O–H groups in total. The van der Waals surface area contributed by atoms with Crippen LogP contribution in [0.5, 0.6) is 0 Å². The molecule has 2 aromatic rings. The number of rotatable bonds is 6. The molecule has 1 aliphatic heterocycles. The van der Waals surface area contributed by atoms with Gasteiger partial charge in [-0.2, -0.15) is 5.26 Å². The lowest BCUT2D eigenvalue weighted by Gasteiger charge is -2.34. The zero-order chi connectivity index (χ0) is 19.9. The molecular weight excluding hydrogens is 425 g/mol. The van der Waals surface area contributed by atoms with Gasteiger partial charge in [-0.25, -0.2) is 4.39 Å². The van der Waals surface area contributed by atoms with Gasteiger partial charge in [0, 0.05) is 42.8 Å². The molecule has 1 fully saturated rings. The number of carbonyl (C=O) groups is 1. The van der Waals surface area contributed by atoms with E-state index >= 15 is 0 Å². The van der Waals surface area contributed by atoms with Gasteiger partial charge in [-0.3, -0.25) is 14.6 Å². The quantitative estimate of drug-likeness (QED) is 0.638. The molecule has 0 radical (unpaired) electrons. The number of hydrogen-bond donors (Lipinski definition) is 0. The van der Waals surface area contributed by atoms with Crippen LogP contribution in [0.4, 0.5) is 4.39 Å². The highest BCUT2D eigenvalue weighted by molar-refractivity contribution is 9.10. The number of nitriles is 1. The van der Waals surface area contributed by atoms with Crippen molar-refractivity contribution in [1.82, 2.24) is 9.80 Å². The van der Waals surface area contributed by atoms with Gasteiger partial charge in [0.25, 0.3) is 0 Å². The van der Waals surface area contributed by atoms with Gasteiger partial charge in [-0.1, -0.05) is 34.1 Å². The Kier molecular flexibility index (Phi) is 7.15. The molecule has 7 heteroatoms. The molecule has 0 atom stereocenters. The smallest absolute Gasteiger partial charge is 0.320 e. The monoisotopic (exact) mass is 445 g/mol. The first-order valence-corrected chi connectivity index (χ1v) is 9.86. The Balaban J connectivity index is 1.39. The number of benzene rings is 2. The first kappa shape index (κ1) is 20.5. The maximum Gasteiger partial charge on any atom is 0.320 e. The second-order valence-corrected chi connectivity index (χ2v) is 7.67. The summed E-state index contributed by atoms with van der Waals surface area (Å²) in [5, 5.41) is 8.79. The number of esters is 1. The van der Waals surface area contributed by atoms with Crippen LogP contribution in [-0.2, 0) is 22.7 Å². The Labute approximate surface area is 172 Å². The fourth-order valence-electron chi connectivity index (χ4n) is 3.06. The summed E-state index contributed by atoms with van der Waals surface area (Å²) in [6, 6.07) is 14.2. The highest BCUT2D eigenvalue weighted by Crippen LogP contribution is 2.17. The normalized spacial score (nSPS) is 15.2. The Morgan fingerprint density at radius 2 is 1.79 bits per heavy atom. The number of halogens is 2. The number of piperazine rings is 1. The van der Waals surface area contributed by atoms with Gasteiger partial charge in [-0.15, -0.1) is 0 Å². The summed E-state index contributed by atoms with van der Waals surface area (Å²) >= 11 is 3.27. The highest BCUT2D eigenvalue weighted by atomic mass is 79.9. The van der Waals surface area contributed by atoms with E-state index in [0.29, 0.717) is 17.7 Å². The van der Waals surface area contributed by atoms with Crippen LogP contribution in [0.25, 0.3) is 0 Å². The summed E-state index contributed by atoms with van der Waals surface area (Å²) in [6.07, 6.45) is 0. The van der Waals surface area contributed by atoms with Crippen molar-refractivity contribution in [2.24, 2.45) is 0 Å². The van der Waals surface area contributed by atoms with Crippen molar-refractivity contribution in [2.75, 3.05) is 32.7 Å². The molecule has 0 amide bonds. The van der Waals surface area contributed by atoms with Crippen molar-refractivity contribution in [3.8, 4) is 6.07 Å². The molecule has 0 aliphatic carbocycles. The number of carbonyl (C=O) groups excluding carboxylic acids is 1. The maximum atomic E-state index is 14.0. The Morgan fingerprint density at radius 3 is 2.43 bits per heavy atom. The summed E-state index contributed by atoms with van der Waals surface area (Å²) < 4.78 is 20.0. The average Bonchev–Trinajstić information content (AvgIpc) is 2.70. The molecule has 1 heterocycles. The fraction of sp³-hybridized carbons (Fsp3) is 0.333. The topological polar surface area (TPSA) is 56.6 Å². The third-order valence-electron chi connectivity index (χ3n) is 4.71. The molecule has 5 nitrogen and oxygen atoms in total. The summed E-state index contributed by atoms with van der Waals surface area (Å²) in [5.74, 6) is -0.472. The zero-order valence-electron chi connectivity index (χ0n) is 15.4. The number of ether oxygens (including phenoxy) is 1. The van der Waals surface area contributed by atoms with E-state index in [0.717, 1.165) is 36.2 Å². The minimum Gasteiger partial charge on any atom is -0.460 e. The predicted molar refractivity (Wildman–Crippen MR) is 107 cm³/mol. The molecule has 1 saturated heterocycles. The first-order chi connectivity index (χ1) is 13.5. The third-order valence-corrected chi connectivity index (χ3v) is 5.20. The van der Waals surface area contributed by atoms with Gasteiger partial charge < -0.3 is 4.74 Å². The van der Waals surface area contributed by atoms with E-state index in [4.69, 9.17) is 10.00 Å². The third kappa shape index (κ3) is 5.86. The molecule has 0 unspecified atom stereocenters. The molecular formula is C21H21BrFN3O2. The van der Waals surface area contributed by atoms with Crippen LogP contribution in [0, 0.1) is 17.1 Å². The van der Waals surface area contributed by atoms with Crippen molar-refractivity contribution in [1.29, 1.82) is 5.26 Å². The minimum atomic E-state index is -0.267. The van der Waals surface area contributed by atoms with E-state index < -0.39 is 0 Å². The van der Waals surface area contributed by atoms with Crippen LogP contribution in [0.1, 0.15) is 16.7 Å². The van der Waals surface area contributed by atoms with Crippen LogP contribution in [0.15, 0.2) is 46.9 Å². The van der Waals surface area contributed by atoms with Crippen LogP contribution >= 0.6 is 15.9 Å². The highest BCUT2D eigenvalue weighted by Gasteiger charge is 2.20. The van der Waals surface area contributed by atoms with Crippen molar-refractivity contribution < 1.29 is 13.9 Å². The Hall–Kier alpha value is -2.27. The Bertz CT molecular complexity index is 859. The lowest BCUT2D eigenvalue weighted by atomic mass is 10.2. The Morgan fingerprint density at radius 1 is 1.11 bits per heavy atom. The van der Waals surface area contributed by atoms with E-state index in [9.17, 15) is 9.18 Å². The average molecular weight is 446 g/mol. The molecule has 1 aliphatic rings. The molecule has 3 rings (SSSR count). The standard InChI is InChI=1S/C21H21BrFN3O2/c22-19-6-5-18(20(23)11-19)13-25-7-9-26(10-8-25)14-21(27)28-15-17-3-1-16(12-24)2-4-17/h1-6,11H,7-10,13-15H2. The molecule has 0 aromatic heterocycles. The van der Waals surface area contributed by atoms with E-state index in [2.05, 4.69) is 31.8 Å². The van der Waals surface area contributed by atoms with Crippen molar-refractivity contribution in [3.63, 3.8) is 0 Å². The van der Waals surface area contributed by atoms with Gasteiger partial charge in [-0.05, 0) is 29.8 Å². The van der Waals surface area contributed by atoms with E-state index in [1.807, 2.05) is 6.07 Å². The molecule has 0 spiro atoms. The second kappa shape index (κ2) is 9.78. The predicted octanol–water partition coefficient (Wildman–Crippen LogP) is 3.32. The van der Waals surface area contributed by atoms with E-state index in [-0.39, 0.29) is 24.9 Å². The number of hydrogen-bond acceptors (Lipinski definition) is 5. The molecule has 2 aromatic carbocycles. The summed E-state index contributed by atoms with van der Waals surface area (Å²) in [7, 11) is 0. The van der Waals surface area contributed by atoms with Crippen LogP contribution in [-0.4, -0.2) is 48.5 Å². The second-order valence-electron chi connectivity index (χ2n) is 6.76. The fourth-order valence-corrected chi connectivity index (χ4v) is 3.40. The van der Waals surface area contributed by atoms with E-state index in [1.165, 1.54) is 6.07 Å². The molecule has 28 heavy (non-hydrogen) atoms. The maximum absolute atomic E-state index is 14.0. The SMILES string of the molecule is N#Cc1ccc(COC(=O)CN2CCN(Cc3ccc(Br)cc3F)CC2)cc1. The molecule has 0 bridgehead atoms. The zero-order valence-corrected chi connectivity index (χ0v) is 17.0. The van der Waals surface area contributed by atoms with Gasteiger partial charge in [0.05, 0.1) is 18.2 Å². The summed E-state index contributed by atoms with van der Waals surface area (Å²) in [4.78, 5) is 16.3. The minimum absolute atomic E-state index is 0.202. The largest absolute Gasteiger partial charge is 0.460 e. The van der Waals surface area contributed by atoms with Gasteiger partial charge >= 0.3 is 5.97 Å². The van der Waals surface area contributed by atoms with Gasteiger partial charge in [0.2, 0.25) is 0 Å². The summed E-state index contributed by atoms with van der Waals surface area (Å²) in [5.41, 5.74) is 2.11. The number of nitrogens with zero attached hydrogens (tertiary/aromatic N) is 3. The van der Waals surface area contributed by atoms with E-state index in [1.54, 1.807) is 30.3 Å². The van der Waals surface area contributed by atoms with Gasteiger partial charge in [0.1, 0.15) is 12.4 Å². The molecule has 0 saturated carbocycles. The summed E-state index contributed by atoms with van der Waals surface area (Å²) in [6.45, 7) is 4.05. The molecule has 146 valence electrons. The first-order valence-electron chi connectivity index (χ1n) is 9.07. The van der Waals surface area contributed by atoms with Crippen LogP contribution < -0.4 is 0 Å². The lowest BCUT2D eigenvalue weighted by molar-refractivity contribution is -0.146. The van der Waals surface area contributed by atoms with Crippen molar-refractivity contribution in [3.05, 3.63) is 69.4 Å². The van der Waals surface area contributed by atoms with Crippen LogP contribution in [0.2, 0.25) is 0 Å².